The van der Waals surface area contributed by atoms with Gasteiger partial charge in [-0.25, -0.2) is 4.98 Å². The van der Waals surface area contributed by atoms with Crippen LogP contribution >= 0.6 is 0 Å². The molecule has 6 heteroatoms. The molecule has 0 fully saturated rings. The van der Waals surface area contributed by atoms with Crippen LogP contribution in [0.25, 0.3) is 55.8 Å². The maximum absolute atomic E-state index is 9.84. The zero-order valence-corrected chi connectivity index (χ0v) is 43.0. The summed E-state index contributed by atoms with van der Waals surface area (Å²) in [6.07, 6.45) is 2.18. The molecule has 0 saturated carbocycles. The Morgan fingerprint density at radius 2 is 1.22 bits per heavy atom. The summed E-state index contributed by atoms with van der Waals surface area (Å²) in [5.41, 5.74) is 8.71. The Balaban J connectivity index is 0.00000706. The van der Waals surface area contributed by atoms with Crippen molar-refractivity contribution in [2.45, 2.75) is 122 Å². The molecule has 5 nitrogen and oxygen atoms in total. The Morgan fingerprint density at radius 3 is 1.78 bits per heavy atom. The van der Waals surface area contributed by atoms with Gasteiger partial charge < -0.3 is 19.4 Å². The maximum Gasteiger partial charge on any atom is 3.00 e. The Kier molecular flexibility index (Phi) is 10.8. The molecule has 0 atom stereocenters. The summed E-state index contributed by atoms with van der Waals surface area (Å²) in [5, 5.41) is 1.62. The van der Waals surface area contributed by atoms with Crippen LogP contribution in [-0.4, -0.2) is 19.9 Å². The number of rotatable bonds is 12. The van der Waals surface area contributed by atoms with E-state index in [1.165, 1.54) is 17.8 Å². The molecule has 0 saturated heterocycles. The Labute approximate surface area is 432 Å². The predicted molar refractivity (Wildman–Crippen MR) is 278 cm³/mol. The van der Waals surface area contributed by atoms with E-state index in [0.717, 1.165) is 74.1 Å². The van der Waals surface area contributed by atoms with Crippen molar-refractivity contribution in [2.24, 2.45) is 0 Å². The van der Waals surface area contributed by atoms with Gasteiger partial charge in [-0.1, -0.05) is 120 Å². The third kappa shape index (κ3) is 9.76. The first kappa shape index (κ1) is 39.7. The summed E-state index contributed by atoms with van der Waals surface area (Å²) in [5.74, 6) is 0. The molecule has 5 heterocycles. The largest absolute Gasteiger partial charge is 3.00 e. The fourth-order valence-corrected chi connectivity index (χ4v) is 9.87. The van der Waals surface area contributed by atoms with Crippen LogP contribution in [0, 0.1) is 25.1 Å². The van der Waals surface area contributed by atoms with Gasteiger partial charge >= 0.3 is 20.1 Å². The van der Waals surface area contributed by atoms with Crippen LogP contribution < -0.4 is 0 Å². The SMILES string of the molecule is [2H]C([2H])([2H])c1cc(-c2[c-]ccc3c2oc2nc4c(cc23)C(C)(C)CCC4(C)C)ncc1C([2H])([2H])C([2H])([2H])c1cc(CC(C)(C)c2ccc(-c3[c-]cccc3)nc2)cc(CC(C)(C)c2ccc(-c3[c-]cccc3)nc2)c1.[Ir+3]. The van der Waals surface area contributed by atoms with Crippen LogP contribution in [0.4, 0.5) is 0 Å². The molecule has 0 radical (unpaired) electrons. The van der Waals surface area contributed by atoms with Gasteiger partial charge in [-0.3, -0.25) is 0 Å². The van der Waals surface area contributed by atoms with E-state index in [0.29, 0.717) is 29.7 Å². The van der Waals surface area contributed by atoms with Crippen molar-refractivity contribution >= 4 is 22.1 Å². The molecule has 1 aliphatic rings. The van der Waals surface area contributed by atoms with Gasteiger partial charge in [0, 0.05) is 39.0 Å². The summed E-state index contributed by atoms with van der Waals surface area (Å²) in [7, 11) is 0. The molecule has 0 unspecified atom stereocenters. The minimum absolute atomic E-state index is 0. The van der Waals surface area contributed by atoms with Gasteiger partial charge in [-0.2, -0.15) is 0 Å². The molecule has 0 N–H and O–H groups in total. The number of hydrogen-bond donors (Lipinski definition) is 0. The molecular weight excluding hydrogens is 1020 g/mol. The molecule has 0 aliphatic heterocycles. The smallest absolute Gasteiger partial charge is 0.486 e. The van der Waals surface area contributed by atoms with Crippen LogP contribution in [0.5, 0.6) is 0 Å². The first-order chi connectivity index (χ1) is 35.2. The van der Waals surface area contributed by atoms with Crippen LogP contribution in [0.2, 0.25) is 0 Å². The number of aryl methyl sites for hydroxylation is 3. The van der Waals surface area contributed by atoms with E-state index in [4.69, 9.17) is 28.5 Å². The van der Waals surface area contributed by atoms with Crippen molar-refractivity contribution in [2.75, 3.05) is 0 Å². The summed E-state index contributed by atoms with van der Waals surface area (Å²) >= 11 is 0. The first-order valence-corrected chi connectivity index (χ1v) is 23.6. The number of aromatic nitrogens is 4. The Hall–Kier alpha value is -6.07. The number of benzene rings is 4. The summed E-state index contributed by atoms with van der Waals surface area (Å²) in [6.45, 7) is 14.5. The van der Waals surface area contributed by atoms with Gasteiger partial charge in [0.1, 0.15) is 0 Å². The molecule has 5 aromatic heterocycles. The van der Waals surface area contributed by atoms with E-state index in [-0.39, 0.29) is 53.3 Å². The first-order valence-electron chi connectivity index (χ1n) is 27.1. The fourth-order valence-electron chi connectivity index (χ4n) is 9.87. The van der Waals surface area contributed by atoms with Crippen molar-refractivity contribution in [3.05, 3.63) is 202 Å². The number of nitrogens with zero attached hydrogens (tertiary/aromatic N) is 4. The topological polar surface area (TPSA) is 64.7 Å². The van der Waals surface area contributed by atoms with Crippen LogP contribution in [0.3, 0.4) is 0 Å². The number of hydrogen-bond acceptors (Lipinski definition) is 5. The van der Waals surface area contributed by atoms with Crippen molar-refractivity contribution in [1.29, 1.82) is 0 Å². The zero-order chi connectivity index (χ0) is 53.5. The van der Waals surface area contributed by atoms with Gasteiger partial charge in [-0.05, 0) is 124 Å². The quantitative estimate of drug-likeness (QED) is 0.114. The van der Waals surface area contributed by atoms with Crippen molar-refractivity contribution in [3.8, 4) is 33.8 Å². The van der Waals surface area contributed by atoms with E-state index in [2.05, 4.69) is 97.9 Å². The van der Waals surface area contributed by atoms with E-state index in [1.54, 1.807) is 18.2 Å². The Morgan fingerprint density at radius 1 is 0.623 bits per heavy atom. The number of furan rings is 1. The summed E-state index contributed by atoms with van der Waals surface area (Å²) in [4.78, 5) is 19.4. The normalized spacial score (nSPS) is 16.5. The van der Waals surface area contributed by atoms with Gasteiger partial charge in [-0.15, -0.1) is 90.0 Å². The van der Waals surface area contributed by atoms with E-state index < -0.39 is 30.4 Å². The van der Waals surface area contributed by atoms with E-state index in [9.17, 15) is 5.48 Å². The van der Waals surface area contributed by atoms with Gasteiger partial charge in [0.2, 0.25) is 5.71 Å². The zero-order valence-electron chi connectivity index (χ0n) is 47.6. The fraction of sp³-hybridized carbons (Fsp3) is 0.302. The summed E-state index contributed by atoms with van der Waals surface area (Å²) in [6, 6.07) is 45.9. The molecule has 4 aromatic carbocycles. The van der Waals surface area contributed by atoms with Gasteiger partial charge in [0.25, 0.3) is 0 Å². The van der Waals surface area contributed by atoms with Crippen LogP contribution in [0.1, 0.15) is 128 Å². The van der Waals surface area contributed by atoms with Gasteiger partial charge in [0.05, 0.1) is 11.3 Å². The van der Waals surface area contributed by atoms with Crippen LogP contribution in [0.15, 0.2) is 138 Å². The standard InChI is InChI=1S/C63H61N4O.Ir/c1-41-31-56(51-22-16-21-50-52-35-53-58(67-59(52)68-57(50)51)61(4,5)30-29-60(53,2)3)64-38-47(41)24-23-42-32-43(36-62(6,7)48-25-27-54(65-39-48)45-17-12-10-13-18-45)34-44(33-42)37-63(8,9)49-26-28-55(66-40-49)46-19-14-11-15-20-46;/h10-17,19,21,25-28,31-35,38-40H,23-24,29-30,36-37H2,1-9H3;/q-3;+3/i1D3,23D2,24D2;. The molecule has 9 aromatic rings. The van der Waals surface area contributed by atoms with E-state index in [1.807, 2.05) is 79.1 Å². The minimum Gasteiger partial charge on any atom is -0.486 e. The van der Waals surface area contributed by atoms with Crippen molar-refractivity contribution in [3.63, 3.8) is 0 Å². The Bertz CT molecular complexity index is 3470. The maximum atomic E-state index is 9.84. The minimum atomic E-state index is -2.90. The van der Waals surface area contributed by atoms with Crippen molar-refractivity contribution < 1.29 is 34.1 Å². The molecule has 69 heavy (non-hydrogen) atoms. The molecular formula is C63H61IrN4O. The second kappa shape index (κ2) is 18.7. The molecule has 0 spiro atoms. The molecule has 1 aliphatic carbocycles. The van der Waals surface area contributed by atoms with Crippen LogP contribution in [-0.2, 0) is 67.4 Å². The second-order valence-electron chi connectivity index (χ2n) is 21.1. The molecule has 0 amide bonds. The molecule has 348 valence electrons. The average molecular weight is 1090 g/mol. The predicted octanol–water partition coefficient (Wildman–Crippen LogP) is 15.0. The summed E-state index contributed by atoms with van der Waals surface area (Å²) < 4.78 is 72.1. The molecule has 0 bridgehead atoms. The molecule has 10 rings (SSSR count). The monoisotopic (exact) mass is 1090 g/mol. The number of fused-ring (bicyclic) bond motifs is 4. The third-order valence-corrected chi connectivity index (χ3v) is 14.1. The second-order valence-corrected chi connectivity index (χ2v) is 21.1. The number of pyridine rings is 4. The average Bonchev–Trinajstić information content (AvgIpc) is 3.77. The van der Waals surface area contributed by atoms with Gasteiger partial charge in [0.15, 0.2) is 0 Å². The van der Waals surface area contributed by atoms with Crippen molar-refractivity contribution in [1.82, 2.24) is 19.9 Å². The van der Waals surface area contributed by atoms with E-state index >= 15 is 0 Å². The third-order valence-electron chi connectivity index (χ3n) is 14.1.